The van der Waals surface area contributed by atoms with Crippen LogP contribution in [0.15, 0.2) is 16.8 Å². The maximum atomic E-state index is 11.7. The first-order valence-electron chi connectivity index (χ1n) is 4.15. The number of thiophene rings is 1. The Bertz CT molecular complexity index is 262. The number of carbonyl (C=O) groups excluding carboxylic acids is 1. The third-order valence-corrected chi connectivity index (χ3v) is 2.92. The van der Waals surface area contributed by atoms with E-state index in [0.717, 1.165) is 25.1 Å². The first-order valence-corrected chi connectivity index (χ1v) is 5.09. The van der Waals surface area contributed by atoms with Gasteiger partial charge in [0, 0.05) is 23.4 Å². The van der Waals surface area contributed by atoms with E-state index in [1.165, 1.54) is 0 Å². The third kappa shape index (κ3) is 1.42. The zero-order valence-electron chi connectivity index (χ0n) is 6.75. The molecule has 0 spiro atoms. The third-order valence-electron chi connectivity index (χ3n) is 2.24. The number of hydrogen-bond donors (Lipinski definition) is 1. The van der Waals surface area contributed by atoms with Crippen molar-refractivity contribution in [3.05, 3.63) is 22.4 Å². The quantitative estimate of drug-likeness (QED) is 0.701. The standard InChI is InChI=1S/C9H11NOS/c11-9(7-1-3-10-5-7)8-2-4-12-6-8/h2,4,6-7,10H,1,3,5H2. The lowest BCUT2D eigenvalue weighted by Crippen LogP contribution is -2.17. The topological polar surface area (TPSA) is 29.1 Å². The Labute approximate surface area is 75.6 Å². The summed E-state index contributed by atoms with van der Waals surface area (Å²) in [5.41, 5.74) is 0.883. The second kappa shape index (κ2) is 3.37. The second-order valence-corrected chi connectivity index (χ2v) is 3.85. The molecule has 12 heavy (non-hydrogen) atoms. The predicted molar refractivity (Wildman–Crippen MR) is 49.6 cm³/mol. The van der Waals surface area contributed by atoms with Crippen LogP contribution in [0.4, 0.5) is 0 Å². The van der Waals surface area contributed by atoms with Crippen molar-refractivity contribution in [3.8, 4) is 0 Å². The molecule has 1 atom stereocenters. The lowest BCUT2D eigenvalue weighted by molar-refractivity contribution is 0.0931. The highest BCUT2D eigenvalue weighted by atomic mass is 32.1. The lowest BCUT2D eigenvalue weighted by atomic mass is 9.99. The number of Topliss-reactive ketones (excluding diaryl/α,β-unsaturated/α-hetero) is 1. The zero-order valence-corrected chi connectivity index (χ0v) is 7.56. The number of rotatable bonds is 2. The molecule has 0 bridgehead atoms. The molecule has 1 aromatic heterocycles. The van der Waals surface area contributed by atoms with Gasteiger partial charge in [-0.3, -0.25) is 4.79 Å². The summed E-state index contributed by atoms with van der Waals surface area (Å²) >= 11 is 1.59. The van der Waals surface area contributed by atoms with Gasteiger partial charge in [0.2, 0.25) is 0 Å². The van der Waals surface area contributed by atoms with E-state index >= 15 is 0 Å². The monoisotopic (exact) mass is 181 g/mol. The summed E-state index contributed by atoms with van der Waals surface area (Å²) in [5, 5.41) is 7.08. The van der Waals surface area contributed by atoms with E-state index in [1.54, 1.807) is 11.3 Å². The minimum absolute atomic E-state index is 0.222. The van der Waals surface area contributed by atoms with Crippen molar-refractivity contribution in [1.29, 1.82) is 0 Å². The number of carbonyl (C=O) groups is 1. The minimum Gasteiger partial charge on any atom is -0.316 e. The largest absolute Gasteiger partial charge is 0.316 e. The lowest BCUT2D eigenvalue weighted by Gasteiger charge is -2.03. The molecule has 64 valence electrons. The molecule has 0 amide bonds. The van der Waals surface area contributed by atoms with E-state index in [-0.39, 0.29) is 5.92 Å². The first-order chi connectivity index (χ1) is 5.88. The van der Waals surface area contributed by atoms with E-state index in [2.05, 4.69) is 5.32 Å². The summed E-state index contributed by atoms with van der Waals surface area (Å²) < 4.78 is 0. The summed E-state index contributed by atoms with van der Waals surface area (Å²) in [6, 6.07) is 1.91. The van der Waals surface area contributed by atoms with Crippen LogP contribution < -0.4 is 5.32 Å². The molecular weight excluding hydrogens is 170 g/mol. The number of nitrogens with one attached hydrogen (secondary N) is 1. The fraction of sp³-hybridized carbons (Fsp3) is 0.444. The van der Waals surface area contributed by atoms with Crippen molar-refractivity contribution in [1.82, 2.24) is 5.32 Å². The number of hydrogen-bond acceptors (Lipinski definition) is 3. The Morgan fingerprint density at radius 2 is 2.58 bits per heavy atom. The van der Waals surface area contributed by atoms with Gasteiger partial charge in [0.1, 0.15) is 0 Å². The van der Waals surface area contributed by atoms with Crippen LogP contribution in [-0.2, 0) is 0 Å². The molecule has 1 N–H and O–H groups in total. The highest BCUT2D eigenvalue weighted by Gasteiger charge is 2.23. The summed E-state index contributed by atoms with van der Waals surface area (Å²) in [6.45, 7) is 1.84. The molecule has 0 aromatic carbocycles. The molecule has 1 fully saturated rings. The van der Waals surface area contributed by atoms with Gasteiger partial charge in [0.05, 0.1) is 0 Å². The Balaban J connectivity index is 2.09. The van der Waals surface area contributed by atoms with Crippen molar-refractivity contribution >= 4 is 17.1 Å². The molecule has 3 heteroatoms. The molecule has 0 aliphatic carbocycles. The molecule has 1 aliphatic rings. The van der Waals surface area contributed by atoms with Gasteiger partial charge in [-0.25, -0.2) is 0 Å². The van der Waals surface area contributed by atoms with E-state index in [1.807, 2.05) is 16.8 Å². The van der Waals surface area contributed by atoms with Crippen LogP contribution in [0.5, 0.6) is 0 Å². The molecule has 1 saturated heterocycles. The van der Waals surface area contributed by atoms with E-state index in [9.17, 15) is 4.79 Å². The highest BCUT2D eigenvalue weighted by Crippen LogP contribution is 2.16. The van der Waals surface area contributed by atoms with E-state index in [4.69, 9.17) is 0 Å². The predicted octanol–water partition coefficient (Wildman–Crippen LogP) is 1.54. The zero-order chi connectivity index (χ0) is 8.39. The van der Waals surface area contributed by atoms with Gasteiger partial charge in [0.25, 0.3) is 0 Å². The smallest absolute Gasteiger partial charge is 0.168 e. The SMILES string of the molecule is O=C(c1ccsc1)C1CCNC1. The Kier molecular flexibility index (Phi) is 2.23. The summed E-state index contributed by atoms with van der Waals surface area (Å²) in [4.78, 5) is 11.7. The number of ketones is 1. The average Bonchev–Trinajstić information content (AvgIpc) is 2.77. The molecule has 1 aliphatic heterocycles. The molecular formula is C9H11NOS. The first kappa shape index (κ1) is 7.95. The van der Waals surface area contributed by atoms with Crippen LogP contribution in [0.3, 0.4) is 0 Å². The fourth-order valence-electron chi connectivity index (χ4n) is 1.52. The molecule has 1 unspecified atom stereocenters. The van der Waals surface area contributed by atoms with Gasteiger partial charge < -0.3 is 5.32 Å². The highest BCUT2D eigenvalue weighted by molar-refractivity contribution is 7.08. The molecule has 2 rings (SSSR count). The van der Waals surface area contributed by atoms with Crippen molar-refractivity contribution < 1.29 is 4.79 Å². The van der Waals surface area contributed by atoms with Crippen LogP contribution >= 0.6 is 11.3 Å². The summed E-state index contributed by atoms with van der Waals surface area (Å²) in [6.07, 6.45) is 0.995. The van der Waals surface area contributed by atoms with Gasteiger partial charge in [-0.2, -0.15) is 11.3 Å². The van der Waals surface area contributed by atoms with Crippen molar-refractivity contribution in [2.24, 2.45) is 5.92 Å². The van der Waals surface area contributed by atoms with E-state index < -0.39 is 0 Å². The summed E-state index contributed by atoms with van der Waals surface area (Å²) in [7, 11) is 0. The average molecular weight is 181 g/mol. The maximum absolute atomic E-state index is 11.7. The van der Waals surface area contributed by atoms with Crippen molar-refractivity contribution in [3.63, 3.8) is 0 Å². The van der Waals surface area contributed by atoms with Crippen LogP contribution in [0.1, 0.15) is 16.8 Å². The van der Waals surface area contributed by atoms with Gasteiger partial charge in [-0.1, -0.05) is 0 Å². The van der Waals surface area contributed by atoms with Crippen LogP contribution in [0.2, 0.25) is 0 Å². The maximum Gasteiger partial charge on any atom is 0.168 e. The van der Waals surface area contributed by atoms with Gasteiger partial charge in [-0.15, -0.1) is 0 Å². The second-order valence-electron chi connectivity index (χ2n) is 3.07. The normalized spacial score (nSPS) is 22.8. The Morgan fingerprint density at radius 1 is 1.67 bits per heavy atom. The van der Waals surface area contributed by atoms with Gasteiger partial charge in [0.15, 0.2) is 5.78 Å². The Hall–Kier alpha value is -0.670. The van der Waals surface area contributed by atoms with Gasteiger partial charge in [-0.05, 0) is 24.4 Å². The molecule has 0 saturated carbocycles. The molecule has 2 heterocycles. The van der Waals surface area contributed by atoms with Crippen LogP contribution in [0.25, 0.3) is 0 Å². The molecule has 2 nitrogen and oxygen atoms in total. The molecule has 1 aromatic rings. The van der Waals surface area contributed by atoms with Crippen LogP contribution in [-0.4, -0.2) is 18.9 Å². The van der Waals surface area contributed by atoms with Crippen molar-refractivity contribution in [2.75, 3.05) is 13.1 Å². The summed E-state index contributed by atoms with van der Waals surface area (Å²) in [5.74, 6) is 0.529. The fourth-order valence-corrected chi connectivity index (χ4v) is 2.16. The van der Waals surface area contributed by atoms with E-state index in [0.29, 0.717) is 5.78 Å². The van der Waals surface area contributed by atoms with Gasteiger partial charge >= 0.3 is 0 Å². The van der Waals surface area contributed by atoms with Crippen molar-refractivity contribution in [2.45, 2.75) is 6.42 Å². The minimum atomic E-state index is 0.222. The Morgan fingerprint density at radius 3 is 3.17 bits per heavy atom. The van der Waals surface area contributed by atoms with Crippen LogP contribution in [0, 0.1) is 5.92 Å². The molecule has 0 radical (unpaired) electrons.